The summed E-state index contributed by atoms with van der Waals surface area (Å²) in [5, 5.41) is 3.48. The SMILES string of the molecule is CCn1c(=O)c2ccc(Cl)cc2n([C@H](C)C(=O)Nc2ccc(OC)cc2)c1=O. The maximum Gasteiger partial charge on any atom is 0.332 e. The van der Waals surface area contributed by atoms with Crippen LogP contribution in [0.2, 0.25) is 5.02 Å². The third-order valence-electron chi connectivity index (χ3n) is 4.57. The number of benzene rings is 2. The molecule has 1 heterocycles. The van der Waals surface area contributed by atoms with Crippen LogP contribution in [-0.2, 0) is 11.3 Å². The molecule has 2 aromatic carbocycles. The first kappa shape index (κ1) is 19.7. The average molecular weight is 402 g/mol. The van der Waals surface area contributed by atoms with Crippen molar-refractivity contribution in [2.75, 3.05) is 12.4 Å². The molecule has 0 unspecified atom stereocenters. The zero-order valence-electron chi connectivity index (χ0n) is 15.7. The number of carbonyl (C=O) groups is 1. The summed E-state index contributed by atoms with van der Waals surface area (Å²) in [4.78, 5) is 38.3. The number of carbonyl (C=O) groups excluding carboxylic acids is 1. The highest BCUT2D eigenvalue weighted by molar-refractivity contribution is 6.31. The Morgan fingerprint density at radius 3 is 2.46 bits per heavy atom. The number of halogens is 1. The first-order valence-corrected chi connectivity index (χ1v) is 9.14. The van der Waals surface area contributed by atoms with Gasteiger partial charge in [-0.3, -0.25) is 18.7 Å². The van der Waals surface area contributed by atoms with Crippen LogP contribution in [0.3, 0.4) is 0 Å². The summed E-state index contributed by atoms with van der Waals surface area (Å²) >= 11 is 6.07. The largest absolute Gasteiger partial charge is 0.497 e. The van der Waals surface area contributed by atoms with Gasteiger partial charge in [-0.2, -0.15) is 0 Å². The van der Waals surface area contributed by atoms with Gasteiger partial charge in [-0.15, -0.1) is 0 Å². The van der Waals surface area contributed by atoms with Crippen LogP contribution in [0.4, 0.5) is 5.69 Å². The molecule has 8 heteroatoms. The maximum absolute atomic E-state index is 12.9. The molecule has 1 aromatic heterocycles. The molecule has 3 rings (SSSR count). The Bertz CT molecular complexity index is 1150. The molecule has 0 saturated heterocycles. The normalized spacial score (nSPS) is 12.0. The molecule has 3 aromatic rings. The quantitative estimate of drug-likeness (QED) is 0.712. The molecule has 0 spiro atoms. The molecule has 7 nitrogen and oxygen atoms in total. The van der Waals surface area contributed by atoms with Gasteiger partial charge in [0, 0.05) is 17.3 Å². The number of amides is 1. The molecule has 0 aliphatic carbocycles. The fraction of sp³-hybridized carbons (Fsp3) is 0.250. The minimum Gasteiger partial charge on any atom is -0.497 e. The van der Waals surface area contributed by atoms with Crippen molar-refractivity contribution in [3.8, 4) is 5.75 Å². The number of rotatable bonds is 5. The van der Waals surface area contributed by atoms with Gasteiger partial charge in [-0.1, -0.05) is 11.6 Å². The van der Waals surface area contributed by atoms with Gasteiger partial charge in [0.05, 0.1) is 18.0 Å². The van der Waals surface area contributed by atoms with E-state index in [1.165, 1.54) is 10.6 Å². The van der Waals surface area contributed by atoms with Gasteiger partial charge in [0.1, 0.15) is 11.8 Å². The number of fused-ring (bicyclic) bond motifs is 1. The van der Waals surface area contributed by atoms with Crippen LogP contribution in [-0.4, -0.2) is 22.2 Å². The molecule has 0 aliphatic heterocycles. The Morgan fingerprint density at radius 2 is 1.86 bits per heavy atom. The maximum atomic E-state index is 12.9. The standard InChI is InChI=1S/C20H20ClN3O4/c1-4-23-19(26)16-10-5-13(21)11-17(16)24(20(23)27)12(2)18(25)22-14-6-8-15(28-3)9-7-14/h5-12H,4H2,1-3H3,(H,22,25)/t12-/m1/s1. The van der Waals surface area contributed by atoms with Crippen molar-refractivity contribution in [2.45, 2.75) is 26.4 Å². The van der Waals surface area contributed by atoms with Crippen molar-refractivity contribution in [3.05, 3.63) is 68.3 Å². The van der Waals surface area contributed by atoms with Crippen LogP contribution in [0.25, 0.3) is 10.9 Å². The predicted molar refractivity (Wildman–Crippen MR) is 109 cm³/mol. The summed E-state index contributed by atoms with van der Waals surface area (Å²) in [6.07, 6.45) is 0. The summed E-state index contributed by atoms with van der Waals surface area (Å²) in [5.41, 5.74) is -0.0701. The highest BCUT2D eigenvalue weighted by atomic mass is 35.5. The van der Waals surface area contributed by atoms with E-state index in [0.717, 1.165) is 4.57 Å². The van der Waals surface area contributed by atoms with E-state index in [-0.39, 0.29) is 6.54 Å². The first-order valence-electron chi connectivity index (χ1n) is 8.77. The molecule has 0 saturated carbocycles. The van der Waals surface area contributed by atoms with Crippen LogP contribution < -0.4 is 21.3 Å². The van der Waals surface area contributed by atoms with Crippen molar-refractivity contribution >= 4 is 34.1 Å². The van der Waals surface area contributed by atoms with Crippen molar-refractivity contribution in [1.29, 1.82) is 0 Å². The Hall–Kier alpha value is -3.06. The lowest BCUT2D eigenvalue weighted by Gasteiger charge is -2.19. The first-order chi connectivity index (χ1) is 13.4. The fourth-order valence-corrected chi connectivity index (χ4v) is 3.21. The average Bonchev–Trinajstić information content (AvgIpc) is 2.68. The van der Waals surface area contributed by atoms with Crippen molar-refractivity contribution in [3.63, 3.8) is 0 Å². The van der Waals surface area contributed by atoms with E-state index in [9.17, 15) is 14.4 Å². The summed E-state index contributed by atoms with van der Waals surface area (Å²) < 4.78 is 7.50. The van der Waals surface area contributed by atoms with E-state index in [0.29, 0.717) is 27.4 Å². The Morgan fingerprint density at radius 1 is 1.18 bits per heavy atom. The molecule has 0 bridgehead atoms. The minimum atomic E-state index is -0.867. The van der Waals surface area contributed by atoms with E-state index >= 15 is 0 Å². The van der Waals surface area contributed by atoms with Crippen LogP contribution in [0.1, 0.15) is 19.9 Å². The summed E-state index contributed by atoms with van der Waals surface area (Å²) in [6.45, 7) is 3.51. The second-order valence-electron chi connectivity index (χ2n) is 6.26. The van der Waals surface area contributed by atoms with Gasteiger partial charge in [0.25, 0.3) is 5.56 Å². The molecule has 0 radical (unpaired) electrons. The van der Waals surface area contributed by atoms with Crippen LogP contribution in [0.15, 0.2) is 52.1 Å². The molecule has 28 heavy (non-hydrogen) atoms. The number of hydrogen-bond donors (Lipinski definition) is 1. The van der Waals surface area contributed by atoms with E-state index in [1.807, 2.05) is 0 Å². The lowest BCUT2D eigenvalue weighted by molar-refractivity contribution is -0.118. The Kier molecular flexibility index (Phi) is 5.56. The number of hydrogen-bond acceptors (Lipinski definition) is 4. The monoisotopic (exact) mass is 401 g/mol. The lowest BCUT2D eigenvalue weighted by atomic mass is 10.2. The van der Waals surface area contributed by atoms with Gasteiger partial charge >= 0.3 is 5.69 Å². The van der Waals surface area contributed by atoms with Crippen molar-refractivity contribution in [1.82, 2.24) is 9.13 Å². The van der Waals surface area contributed by atoms with Gasteiger partial charge < -0.3 is 10.1 Å². The summed E-state index contributed by atoms with van der Waals surface area (Å²) in [7, 11) is 1.56. The van der Waals surface area contributed by atoms with E-state index < -0.39 is 23.2 Å². The minimum absolute atomic E-state index is 0.197. The molecule has 1 amide bonds. The molecule has 1 atom stereocenters. The second kappa shape index (κ2) is 7.90. The smallest absolute Gasteiger partial charge is 0.332 e. The van der Waals surface area contributed by atoms with Crippen LogP contribution in [0, 0.1) is 0 Å². The Labute approximate surface area is 166 Å². The zero-order chi connectivity index (χ0) is 20.4. The van der Waals surface area contributed by atoms with Crippen molar-refractivity contribution < 1.29 is 9.53 Å². The predicted octanol–water partition coefficient (Wildman–Crippen LogP) is 3.04. The van der Waals surface area contributed by atoms with E-state index in [2.05, 4.69) is 5.32 Å². The number of aromatic nitrogens is 2. The highest BCUT2D eigenvalue weighted by Gasteiger charge is 2.22. The van der Waals surface area contributed by atoms with E-state index in [1.54, 1.807) is 57.4 Å². The van der Waals surface area contributed by atoms with Crippen molar-refractivity contribution in [2.24, 2.45) is 0 Å². The summed E-state index contributed by atoms with van der Waals surface area (Å²) in [5.74, 6) is 0.271. The van der Waals surface area contributed by atoms with Crippen LogP contribution >= 0.6 is 11.6 Å². The summed E-state index contributed by atoms with van der Waals surface area (Å²) in [6, 6.07) is 10.7. The molecular weight excluding hydrogens is 382 g/mol. The van der Waals surface area contributed by atoms with Gasteiger partial charge in [0.2, 0.25) is 5.91 Å². The lowest BCUT2D eigenvalue weighted by Crippen LogP contribution is -2.43. The highest BCUT2D eigenvalue weighted by Crippen LogP contribution is 2.20. The van der Waals surface area contributed by atoms with Gasteiger partial charge in [0.15, 0.2) is 0 Å². The number of methoxy groups -OCH3 is 1. The third-order valence-corrected chi connectivity index (χ3v) is 4.81. The number of nitrogens with zero attached hydrogens (tertiary/aromatic N) is 2. The molecule has 0 aliphatic rings. The molecular formula is C20H20ClN3O4. The molecule has 1 N–H and O–H groups in total. The number of nitrogens with one attached hydrogen (secondary N) is 1. The van der Waals surface area contributed by atoms with Gasteiger partial charge in [-0.25, -0.2) is 4.79 Å². The van der Waals surface area contributed by atoms with Gasteiger partial charge in [-0.05, 0) is 56.3 Å². The second-order valence-corrected chi connectivity index (χ2v) is 6.69. The topological polar surface area (TPSA) is 82.3 Å². The fourth-order valence-electron chi connectivity index (χ4n) is 3.04. The number of ether oxygens (including phenoxy) is 1. The molecule has 0 fully saturated rings. The zero-order valence-corrected chi connectivity index (χ0v) is 16.5. The third kappa shape index (κ3) is 3.53. The molecule has 146 valence electrons. The van der Waals surface area contributed by atoms with Crippen LogP contribution in [0.5, 0.6) is 5.75 Å². The number of anilines is 1. The Balaban J connectivity index is 2.08. The van der Waals surface area contributed by atoms with E-state index in [4.69, 9.17) is 16.3 Å².